The molecule has 0 aromatic heterocycles. The minimum Gasteiger partial charge on any atom is -0.497 e. The van der Waals surface area contributed by atoms with Crippen LogP contribution in [0.5, 0.6) is 5.75 Å². The molecule has 2 atom stereocenters. The average molecular weight is 265 g/mol. The van der Waals surface area contributed by atoms with Crippen molar-refractivity contribution in [3.8, 4) is 5.75 Å². The Morgan fingerprint density at radius 3 is 2.89 bits per heavy atom. The van der Waals surface area contributed by atoms with Gasteiger partial charge in [0.05, 0.1) is 33.4 Å². The summed E-state index contributed by atoms with van der Waals surface area (Å²) in [5.41, 5.74) is 8.32. The summed E-state index contributed by atoms with van der Waals surface area (Å²) in [5, 5.41) is 0. The third-order valence-electron chi connectivity index (χ3n) is 3.34. The van der Waals surface area contributed by atoms with Crippen molar-refractivity contribution in [3.05, 3.63) is 29.3 Å². The van der Waals surface area contributed by atoms with Crippen LogP contribution in [0, 0.1) is 0 Å². The second-order valence-corrected chi connectivity index (χ2v) is 4.55. The summed E-state index contributed by atoms with van der Waals surface area (Å²) < 4.78 is 15.5. The summed E-state index contributed by atoms with van der Waals surface area (Å²) in [4.78, 5) is 11.1. The molecule has 0 fully saturated rings. The molecule has 0 heterocycles. The van der Waals surface area contributed by atoms with Crippen LogP contribution in [0.2, 0.25) is 0 Å². The number of fused-ring (bicyclic) bond motifs is 1. The van der Waals surface area contributed by atoms with Crippen LogP contribution in [-0.2, 0) is 20.7 Å². The molecule has 1 aromatic carbocycles. The van der Waals surface area contributed by atoms with Crippen molar-refractivity contribution in [1.82, 2.24) is 0 Å². The van der Waals surface area contributed by atoms with E-state index in [4.69, 9.17) is 15.2 Å². The lowest BCUT2D eigenvalue weighted by Crippen LogP contribution is -2.27. The Labute approximate surface area is 112 Å². The van der Waals surface area contributed by atoms with Crippen molar-refractivity contribution in [3.63, 3.8) is 0 Å². The number of carbonyl (C=O) groups is 1. The van der Waals surface area contributed by atoms with Gasteiger partial charge in [0.2, 0.25) is 0 Å². The van der Waals surface area contributed by atoms with E-state index in [2.05, 4.69) is 4.74 Å². The van der Waals surface area contributed by atoms with Crippen LogP contribution < -0.4 is 10.5 Å². The van der Waals surface area contributed by atoms with Crippen LogP contribution in [0.15, 0.2) is 18.2 Å². The Kier molecular flexibility index (Phi) is 4.39. The van der Waals surface area contributed by atoms with Crippen LogP contribution in [0.1, 0.15) is 23.7 Å². The number of rotatable bonds is 5. The first kappa shape index (κ1) is 13.8. The molecule has 104 valence electrons. The molecule has 0 spiro atoms. The lowest BCUT2D eigenvalue weighted by Gasteiger charge is -2.17. The standard InChI is InChI=1S/C14H19NO4/c1-17-10-4-3-9-7-12(15)14(11(9)8-10)19-6-5-13(16)18-2/h3-4,8,12,14H,5-7,15H2,1-2H3. The highest BCUT2D eigenvalue weighted by Gasteiger charge is 2.31. The highest BCUT2D eigenvalue weighted by Crippen LogP contribution is 2.35. The monoisotopic (exact) mass is 265 g/mol. The first-order valence-corrected chi connectivity index (χ1v) is 6.26. The molecule has 0 aliphatic heterocycles. The van der Waals surface area contributed by atoms with Gasteiger partial charge in [0.25, 0.3) is 0 Å². The smallest absolute Gasteiger partial charge is 0.307 e. The number of carbonyl (C=O) groups excluding carboxylic acids is 1. The number of hydrogen-bond acceptors (Lipinski definition) is 5. The van der Waals surface area contributed by atoms with E-state index in [1.54, 1.807) is 7.11 Å². The quantitative estimate of drug-likeness (QED) is 0.810. The zero-order chi connectivity index (χ0) is 13.8. The van der Waals surface area contributed by atoms with E-state index in [0.717, 1.165) is 17.7 Å². The van der Waals surface area contributed by atoms with Crippen molar-refractivity contribution in [2.75, 3.05) is 20.8 Å². The second-order valence-electron chi connectivity index (χ2n) is 4.55. The maximum Gasteiger partial charge on any atom is 0.307 e. The minimum absolute atomic E-state index is 0.0836. The number of nitrogens with two attached hydrogens (primary N) is 1. The molecular formula is C14H19NO4. The molecule has 0 saturated heterocycles. The molecule has 0 bridgehead atoms. The summed E-state index contributed by atoms with van der Waals surface area (Å²) in [6.45, 7) is 0.307. The Morgan fingerprint density at radius 2 is 2.21 bits per heavy atom. The fourth-order valence-corrected chi connectivity index (χ4v) is 2.33. The van der Waals surface area contributed by atoms with E-state index < -0.39 is 0 Å². The Balaban J connectivity index is 2.04. The van der Waals surface area contributed by atoms with Gasteiger partial charge in [-0.2, -0.15) is 0 Å². The molecular weight excluding hydrogens is 246 g/mol. The maximum atomic E-state index is 11.1. The fourth-order valence-electron chi connectivity index (χ4n) is 2.33. The molecule has 2 unspecified atom stereocenters. The van der Waals surface area contributed by atoms with Gasteiger partial charge in [0.15, 0.2) is 0 Å². The Hall–Kier alpha value is -1.59. The zero-order valence-electron chi connectivity index (χ0n) is 11.2. The van der Waals surface area contributed by atoms with Gasteiger partial charge in [-0.05, 0) is 29.7 Å². The SMILES string of the molecule is COC(=O)CCOC1c2cc(OC)ccc2CC1N. The molecule has 1 aliphatic rings. The van der Waals surface area contributed by atoms with Gasteiger partial charge in [-0.25, -0.2) is 0 Å². The number of methoxy groups -OCH3 is 2. The highest BCUT2D eigenvalue weighted by atomic mass is 16.5. The molecule has 2 rings (SSSR count). The van der Waals surface area contributed by atoms with Gasteiger partial charge in [-0.3, -0.25) is 4.79 Å². The lowest BCUT2D eigenvalue weighted by atomic mass is 10.1. The van der Waals surface area contributed by atoms with E-state index in [9.17, 15) is 4.79 Å². The predicted octanol–water partition coefficient (Wildman–Crippen LogP) is 1.20. The van der Waals surface area contributed by atoms with E-state index in [1.807, 2.05) is 18.2 Å². The van der Waals surface area contributed by atoms with E-state index in [-0.39, 0.29) is 24.5 Å². The van der Waals surface area contributed by atoms with Gasteiger partial charge < -0.3 is 19.9 Å². The van der Waals surface area contributed by atoms with Crippen molar-refractivity contribution < 1.29 is 19.0 Å². The van der Waals surface area contributed by atoms with Crippen LogP contribution in [0.25, 0.3) is 0 Å². The number of hydrogen-bond donors (Lipinski definition) is 1. The van der Waals surface area contributed by atoms with Gasteiger partial charge in [-0.1, -0.05) is 6.07 Å². The average Bonchev–Trinajstić information content (AvgIpc) is 2.74. The first-order valence-electron chi connectivity index (χ1n) is 6.26. The van der Waals surface area contributed by atoms with Crippen LogP contribution in [0.4, 0.5) is 0 Å². The van der Waals surface area contributed by atoms with E-state index >= 15 is 0 Å². The summed E-state index contributed by atoms with van der Waals surface area (Å²) >= 11 is 0. The molecule has 2 N–H and O–H groups in total. The molecule has 0 saturated carbocycles. The summed E-state index contributed by atoms with van der Waals surface area (Å²) in [6.07, 6.45) is 0.830. The largest absolute Gasteiger partial charge is 0.497 e. The van der Waals surface area contributed by atoms with Crippen molar-refractivity contribution >= 4 is 5.97 Å². The Morgan fingerprint density at radius 1 is 1.42 bits per heavy atom. The number of benzene rings is 1. The van der Waals surface area contributed by atoms with Crippen molar-refractivity contribution in [2.45, 2.75) is 25.0 Å². The molecule has 5 heteroatoms. The minimum atomic E-state index is -0.280. The van der Waals surface area contributed by atoms with Crippen LogP contribution in [-0.4, -0.2) is 32.8 Å². The molecule has 19 heavy (non-hydrogen) atoms. The fraction of sp³-hybridized carbons (Fsp3) is 0.500. The number of ether oxygens (including phenoxy) is 3. The normalized spacial score (nSPS) is 21.0. The van der Waals surface area contributed by atoms with Crippen molar-refractivity contribution in [1.29, 1.82) is 0 Å². The predicted molar refractivity (Wildman–Crippen MR) is 70.0 cm³/mol. The topological polar surface area (TPSA) is 70.8 Å². The third kappa shape index (κ3) is 3.05. The van der Waals surface area contributed by atoms with Gasteiger partial charge in [-0.15, -0.1) is 0 Å². The molecule has 0 amide bonds. The first-order chi connectivity index (χ1) is 9.15. The van der Waals surface area contributed by atoms with Crippen LogP contribution in [0.3, 0.4) is 0 Å². The third-order valence-corrected chi connectivity index (χ3v) is 3.34. The van der Waals surface area contributed by atoms with E-state index in [0.29, 0.717) is 6.61 Å². The summed E-state index contributed by atoms with van der Waals surface area (Å²) in [7, 11) is 2.99. The molecule has 1 aliphatic carbocycles. The lowest BCUT2D eigenvalue weighted by molar-refractivity contribution is -0.142. The van der Waals surface area contributed by atoms with Gasteiger partial charge >= 0.3 is 5.97 Å². The van der Waals surface area contributed by atoms with Crippen LogP contribution >= 0.6 is 0 Å². The van der Waals surface area contributed by atoms with E-state index in [1.165, 1.54) is 12.7 Å². The van der Waals surface area contributed by atoms with Gasteiger partial charge in [0.1, 0.15) is 5.75 Å². The molecule has 0 radical (unpaired) electrons. The van der Waals surface area contributed by atoms with Gasteiger partial charge in [0, 0.05) is 6.04 Å². The molecule has 1 aromatic rings. The Bertz CT molecular complexity index is 461. The maximum absolute atomic E-state index is 11.1. The highest BCUT2D eigenvalue weighted by molar-refractivity contribution is 5.69. The number of esters is 1. The zero-order valence-corrected chi connectivity index (χ0v) is 11.2. The van der Waals surface area contributed by atoms with Crippen molar-refractivity contribution in [2.24, 2.45) is 5.73 Å². The summed E-state index contributed by atoms with van der Waals surface area (Å²) in [6, 6.07) is 5.80. The summed E-state index contributed by atoms with van der Waals surface area (Å²) in [5.74, 6) is 0.506. The molecule has 5 nitrogen and oxygen atoms in total. The second kappa shape index (κ2) is 6.04.